The molecule has 0 bridgehead atoms. The molecule has 132 valence electrons. The van der Waals surface area contributed by atoms with Gasteiger partial charge in [-0.05, 0) is 62.1 Å². The summed E-state index contributed by atoms with van der Waals surface area (Å²) in [5, 5.41) is 5.46. The lowest BCUT2D eigenvalue weighted by molar-refractivity contribution is -0.120. The Labute approximate surface area is 157 Å². The summed E-state index contributed by atoms with van der Waals surface area (Å²) in [5.41, 5.74) is 4.39. The number of hydrogen-bond donors (Lipinski definition) is 2. The molecule has 0 aliphatic rings. The molecule has 0 aliphatic heterocycles. The van der Waals surface area contributed by atoms with Gasteiger partial charge in [-0.25, -0.2) is 0 Å². The molecule has 2 aromatic carbocycles. The van der Waals surface area contributed by atoms with Crippen molar-refractivity contribution in [2.75, 3.05) is 13.1 Å². The number of halogens is 1. The zero-order valence-corrected chi connectivity index (χ0v) is 16.2. The molecule has 0 spiro atoms. The highest BCUT2D eigenvalue weighted by atomic mass is 79.9. The highest BCUT2D eigenvalue weighted by molar-refractivity contribution is 9.10. The van der Waals surface area contributed by atoms with Crippen molar-refractivity contribution in [3.63, 3.8) is 0 Å². The molecule has 0 unspecified atom stereocenters. The Morgan fingerprint density at radius 3 is 2.40 bits per heavy atom. The highest BCUT2D eigenvalue weighted by Crippen LogP contribution is 2.12. The molecule has 25 heavy (non-hydrogen) atoms. The molecule has 4 nitrogen and oxygen atoms in total. The molecular weight excluding hydrogens is 380 g/mol. The van der Waals surface area contributed by atoms with Crippen LogP contribution in [0.25, 0.3) is 0 Å². The molecule has 0 saturated heterocycles. The van der Waals surface area contributed by atoms with Gasteiger partial charge in [0.05, 0.1) is 6.54 Å². The third-order valence-electron chi connectivity index (χ3n) is 3.96. The Kier molecular flexibility index (Phi) is 7.19. The van der Waals surface area contributed by atoms with Crippen molar-refractivity contribution < 1.29 is 9.59 Å². The molecule has 0 atom stereocenters. The van der Waals surface area contributed by atoms with E-state index < -0.39 is 0 Å². The smallest absolute Gasteiger partial charge is 0.251 e. The van der Waals surface area contributed by atoms with Crippen molar-refractivity contribution in [2.24, 2.45) is 0 Å². The van der Waals surface area contributed by atoms with Crippen LogP contribution in [-0.4, -0.2) is 24.9 Å². The lowest BCUT2D eigenvalue weighted by Gasteiger charge is -2.09. The number of carbonyl (C=O) groups excluding carboxylic acids is 2. The fraction of sp³-hybridized carbons (Fsp3) is 0.300. The number of amides is 2. The molecule has 0 radical (unpaired) electrons. The van der Waals surface area contributed by atoms with Crippen molar-refractivity contribution in [3.05, 3.63) is 69.2 Å². The summed E-state index contributed by atoms with van der Waals surface area (Å²) in [6.07, 6.45) is 1.80. The van der Waals surface area contributed by atoms with Crippen LogP contribution in [0.2, 0.25) is 0 Å². The maximum atomic E-state index is 11.9. The van der Waals surface area contributed by atoms with Crippen LogP contribution in [-0.2, 0) is 11.2 Å². The van der Waals surface area contributed by atoms with Crippen LogP contribution in [0.3, 0.4) is 0 Å². The Bertz CT molecular complexity index is 742. The van der Waals surface area contributed by atoms with Crippen molar-refractivity contribution in [3.8, 4) is 0 Å². The first kappa shape index (κ1) is 19.2. The van der Waals surface area contributed by atoms with E-state index in [0.717, 1.165) is 17.3 Å². The maximum absolute atomic E-state index is 11.9. The van der Waals surface area contributed by atoms with E-state index in [1.807, 2.05) is 0 Å². The third-order valence-corrected chi connectivity index (χ3v) is 4.49. The minimum Gasteiger partial charge on any atom is -0.355 e. The number of hydrogen-bond acceptors (Lipinski definition) is 2. The van der Waals surface area contributed by atoms with Crippen LogP contribution in [0.15, 0.2) is 46.9 Å². The summed E-state index contributed by atoms with van der Waals surface area (Å²) in [6.45, 7) is 4.77. The molecular formula is C20H23BrN2O2. The maximum Gasteiger partial charge on any atom is 0.251 e. The predicted octanol–water partition coefficient (Wildman–Crippen LogP) is 3.54. The summed E-state index contributed by atoms with van der Waals surface area (Å²) in [5.74, 6) is -0.427. The van der Waals surface area contributed by atoms with Gasteiger partial charge in [-0.1, -0.05) is 39.7 Å². The first-order valence-corrected chi connectivity index (χ1v) is 9.11. The van der Waals surface area contributed by atoms with E-state index in [9.17, 15) is 9.59 Å². The molecule has 0 aromatic heterocycles. The van der Waals surface area contributed by atoms with Crippen molar-refractivity contribution in [2.45, 2.75) is 26.7 Å². The summed E-state index contributed by atoms with van der Waals surface area (Å²) in [7, 11) is 0. The van der Waals surface area contributed by atoms with Gasteiger partial charge in [-0.2, -0.15) is 0 Å². The van der Waals surface area contributed by atoms with Gasteiger partial charge in [-0.3, -0.25) is 9.59 Å². The van der Waals surface area contributed by atoms with Crippen molar-refractivity contribution in [1.82, 2.24) is 10.6 Å². The van der Waals surface area contributed by atoms with E-state index in [1.54, 1.807) is 24.3 Å². The van der Waals surface area contributed by atoms with Gasteiger partial charge < -0.3 is 10.6 Å². The highest BCUT2D eigenvalue weighted by Gasteiger charge is 2.07. The Balaban J connectivity index is 1.67. The fourth-order valence-corrected chi connectivity index (χ4v) is 2.82. The average Bonchev–Trinajstić information content (AvgIpc) is 2.58. The second kappa shape index (κ2) is 9.37. The Morgan fingerprint density at radius 1 is 1.00 bits per heavy atom. The molecule has 2 rings (SSSR count). The first-order chi connectivity index (χ1) is 12.0. The van der Waals surface area contributed by atoms with Gasteiger partial charge in [0.2, 0.25) is 5.91 Å². The second-order valence-electron chi connectivity index (χ2n) is 6.07. The van der Waals surface area contributed by atoms with Gasteiger partial charge >= 0.3 is 0 Å². The number of rotatable bonds is 7. The van der Waals surface area contributed by atoms with E-state index in [4.69, 9.17) is 0 Å². The topological polar surface area (TPSA) is 58.2 Å². The van der Waals surface area contributed by atoms with E-state index in [0.29, 0.717) is 12.1 Å². The standard InChI is InChI=1S/C20H23BrN2O2/c1-14-5-6-16(15(2)12-14)4-3-11-22-19(24)13-23-20(25)17-7-9-18(21)10-8-17/h5-10,12H,3-4,11,13H2,1-2H3,(H,22,24)(H,23,25). The molecule has 2 aromatic rings. The quantitative estimate of drug-likeness (QED) is 0.695. The second-order valence-corrected chi connectivity index (χ2v) is 6.99. The van der Waals surface area contributed by atoms with Crippen LogP contribution in [0, 0.1) is 13.8 Å². The molecule has 0 aliphatic carbocycles. The monoisotopic (exact) mass is 402 g/mol. The van der Waals surface area contributed by atoms with E-state index >= 15 is 0 Å². The lowest BCUT2D eigenvalue weighted by Crippen LogP contribution is -2.37. The van der Waals surface area contributed by atoms with E-state index in [2.05, 4.69) is 58.6 Å². The summed E-state index contributed by atoms with van der Waals surface area (Å²) in [4.78, 5) is 23.8. The van der Waals surface area contributed by atoms with Gasteiger partial charge in [0, 0.05) is 16.6 Å². The van der Waals surface area contributed by atoms with Gasteiger partial charge in [-0.15, -0.1) is 0 Å². The van der Waals surface area contributed by atoms with Gasteiger partial charge in [0.15, 0.2) is 0 Å². The van der Waals surface area contributed by atoms with Crippen LogP contribution in [0.5, 0.6) is 0 Å². The zero-order valence-electron chi connectivity index (χ0n) is 14.6. The molecule has 5 heteroatoms. The minimum absolute atomic E-state index is 0.0154. The SMILES string of the molecule is Cc1ccc(CCCNC(=O)CNC(=O)c2ccc(Br)cc2)c(C)c1. The number of nitrogens with one attached hydrogen (secondary N) is 2. The zero-order chi connectivity index (χ0) is 18.2. The molecule has 0 fully saturated rings. The summed E-state index contributed by atoms with van der Waals surface area (Å²) < 4.78 is 0.908. The third kappa shape index (κ3) is 6.35. The first-order valence-electron chi connectivity index (χ1n) is 8.32. The normalized spacial score (nSPS) is 10.4. The van der Waals surface area contributed by atoms with Crippen LogP contribution in [0.1, 0.15) is 33.5 Å². The van der Waals surface area contributed by atoms with E-state index in [-0.39, 0.29) is 18.4 Å². The van der Waals surface area contributed by atoms with Crippen LogP contribution < -0.4 is 10.6 Å². The van der Waals surface area contributed by atoms with Crippen molar-refractivity contribution >= 4 is 27.7 Å². The largest absolute Gasteiger partial charge is 0.355 e. The van der Waals surface area contributed by atoms with Crippen LogP contribution in [0.4, 0.5) is 0 Å². The summed E-state index contributed by atoms with van der Waals surface area (Å²) >= 11 is 3.32. The summed E-state index contributed by atoms with van der Waals surface area (Å²) in [6, 6.07) is 13.4. The number of benzene rings is 2. The molecule has 0 heterocycles. The van der Waals surface area contributed by atoms with E-state index in [1.165, 1.54) is 16.7 Å². The van der Waals surface area contributed by atoms with Gasteiger partial charge in [0.25, 0.3) is 5.91 Å². The number of carbonyl (C=O) groups is 2. The average molecular weight is 403 g/mol. The van der Waals surface area contributed by atoms with Gasteiger partial charge in [0.1, 0.15) is 0 Å². The molecule has 0 saturated carbocycles. The predicted molar refractivity (Wildman–Crippen MR) is 104 cm³/mol. The Hall–Kier alpha value is -2.14. The van der Waals surface area contributed by atoms with Crippen LogP contribution >= 0.6 is 15.9 Å². The minimum atomic E-state index is -0.252. The van der Waals surface area contributed by atoms with Crippen molar-refractivity contribution in [1.29, 1.82) is 0 Å². The molecule has 2 N–H and O–H groups in total. The lowest BCUT2D eigenvalue weighted by atomic mass is 10.0. The Morgan fingerprint density at radius 2 is 1.72 bits per heavy atom. The fourth-order valence-electron chi connectivity index (χ4n) is 2.56. The molecule has 2 amide bonds. The number of aryl methyl sites for hydroxylation is 3.